The second-order valence-corrected chi connectivity index (χ2v) is 5.70. The van der Waals surface area contributed by atoms with Gasteiger partial charge in [-0.05, 0) is 49.7 Å². The average molecular weight is 282 g/mol. The minimum atomic E-state index is -0.846. The van der Waals surface area contributed by atoms with Gasteiger partial charge in [0.05, 0.1) is 5.92 Å². The van der Waals surface area contributed by atoms with Crippen LogP contribution in [0.25, 0.3) is 0 Å². The van der Waals surface area contributed by atoms with Crippen LogP contribution < -0.4 is 0 Å². The number of carbonyl (C=O) groups is 1. The molecule has 1 aliphatic rings. The molecule has 20 heavy (non-hydrogen) atoms. The van der Waals surface area contributed by atoms with Crippen molar-refractivity contribution in [1.29, 1.82) is 0 Å². The summed E-state index contributed by atoms with van der Waals surface area (Å²) in [6, 6.07) is 3.79. The standard InChI is InChI=1S/C16H20F2O2/c1-2-10-6-7-12(16(19)20)11(8-10)9-13-14(17)4-3-5-15(13)18/h3-5,10-12H,2,6-9H2,1H3,(H,19,20). The molecule has 0 aromatic heterocycles. The van der Waals surface area contributed by atoms with Crippen LogP contribution in [0.1, 0.15) is 38.2 Å². The highest BCUT2D eigenvalue weighted by Gasteiger charge is 2.35. The van der Waals surface area contributed by atoms with Crippen LogP contribution in [0.5, 0.6) is 0 Å². The number of halogens is 2. The number of hydrogen-bond donors (Lipinski definition) is 1. The largest absolute Gasteiger partial charge is 0.481 e. The first-order valence-electron chi connectivity index (χ1n) is 7.18. The molecule has 1 fully saturated rings. The normalized spacial score (nSPS) is 26.4. The van der Waals surface area contributed by atoms with Gasteiger partial charge in [-0.1, -0.05) is 19.4 Å². The van der Waals surface area contributed by atoms with Gasteiger partial charge in [0, 0.05) is 5.56 Å². The summed E-state index contributed by atoms with van der Waals surface area (Å²) in [5.74, 6) is -2.21. The molecule has 1 aromatic carbocycles. The van der Waals surface area contributed by atoms with Crippen molar-refractivity contribution >= 4 is 5.97 Å². The van der Waals surface area contributed by atoms with Crippen LogP contribution in [0, 0.1) is 29.4 Å². The van der Waals surface area contributed by atoms with Gasteiger partial charge in [-0.2, -0.15) is 0 Å². The molecule has 1 aromatic rings. The molecule has 0 heterocycles. The monoisotopic (exact) mass is 282 g/mol. The van der Waals surface area contributed by atoms with E-state index < -0.39 is 23.5 Å². The molecule has 0 radical (unpaired) electrons. The van der Waals surface area contributed by atoms with Crippen molar-refractivity contribution in [1.82, 2.24) is 0 Å². The zero-order chi connectivity index (χ0) is 14.7. The zero-order valence-corrected chi connectivity index (χ0v) is 11.6. The maximum absolute atomic E-state index is 13.7. The third-order valence-electron chi connectivity index (χ3n) is 4.51. The minimum Gasteiger partial charge on any atom is -0.481 e. The lowest BCUT2D eigenvalue weighted by Gasteiger charge is -2.33. The summed E-state index contributed by atoms with van der Waals surface area (Å²) in [5, 5.41) is 9.30. The Morgan fingerprint density at radius 3 is 2.50 bits per heavy atom. The highest BCUT2D eigenvalue weighted by atomic mass is 19.1. The second kappa shape index (κ2) is 6.33. The molecule has 0 amide bonds. The van der Waals surface area contributed by atoms with Gasteiger partial charge in [-0.25, -0.2) is 8.78 Å². The number of aliphatic carboxylic acids is 1. The van der Waals surface area contributed by atoms with Gasteiger partial charge in [0.25, 0.3) is 0 Å². The third kappa shape index (κ3) is 3.17. The fourth-order valence-corrected chi connectivity index (χ4v) is 3.27. The molecule has 1 saturated carbocycles. The highest BCUT2D eigenvalue weighted by Crippen LogP contribution is 2.38. The molecule has 1 N–H and O–H groups in total. The molecule has 3 atom stereocenters. The lowest BCUT2D eigenvalue weighted by Crippen LogP contribution is -2.32. The molecule has 2 nitrogen and oxygen atoms in total. The van der Waals surface area contributed by atoms with Crippen LogP contribution in [0.15, 0.2) is 18.2 Å². The fourth-order valence-electron chi connectivity index (χ4n) is 3.27. The summed E-state index contributed by atoms with van der Waals surface area (Å²) in [6.45, 7) is 2.08. The summed E-state index contributed by atoms with van der Waals surface area (Å²) in [4.78, 5) is 11.3. The minimum absolute atomic E-state index is 0.0282. The summed E-state index contributed by atoms with van der Waals surface area (Å²) in [7, 11) is 0. The van der Waals surface area contributed by atoms with Crippen LogP contribution in [0.3, 0.4) is 0 Å². The van der Waals surface area contributed by atoms with Crippen molar-refractivity contribution in [2.75, 3.05) is 0 Å². The fraction of sp³-hybridized carbons (Fsp3) is 0.562. The highest BCUT2D eigenvalue weighted by molar-refractivity contribution is 5.70. The van der Waals surface area contributed by atoms with Crippen LogP contribution in [-0.2, 0) is 11.2 Å². The van der Waals surface area contributed by atoms with E-state index in [4.69, 9.17) is 0 Å². The predicted octanol–water partition coefficient (Wildman–Crippen LogP) is 4.03. The summed E-state index contributed by atoms with van der Waals surface area (Å²) >= 11 is 0. The van der Waals surface area contributed by atoms with Crippen molar-refractivity contribution in [3.8, 4) is 0 Å². The first kappa shape index (κ1) is 14.9. The maximum atomic E-state index is 13.7. The smallest absolute Gasteiger partial charge is 0.306 e. The molecule has 2 rings (SSSR count). The maximum Gasteiger partial charge on any atom is 0.306 e. The second-order valence-electron chi connectivity index (χ2n) is 5.70. The van der Waals surface area contributed by atoms with Crippen molar-refractivity contribution in [2.45, 2.75) is 39.0 Å². The Labute approximate surface area is 117 Å². The molecule has 0 aliphatic heterocycles. The summed E-state index contributed by atoms with van der Waals surface area (Å²) in [6.07, 6.45) is 3.40. The van der Waals surface area contributed by atoms with Crippen molar-refractivity contribution in [2.24, 2.45) is 17.8 Å². The molecule has 0 saturated heterocycles. The Morgan fingerprint density at radius 1 is 1.30 bits per heavy atom. The molecule has 0 bridgehead atoms. The molecule has 1 aliphatic carbocycles. The van der Waals surface area contributed by atoms with Gasteiger partial charge in [-0.15, -0.1) is 0 Å². The SMILES string of the molecule is CCC1CCC(C(=O)O)C(Cc2c(F)cccc2F)C1. The van der Waals surface area contributed by atoms with Gasteiger partial charge in [-0.3, -0.25) is 4.79 Å². The lowest BCUT2D eigenvalue weighted by molar-refractivity contribution is -0.145. The molecule has 110 valence electrons. The Kier molecular flexibility index (Phi) is 4.73. The van der Waals surface area contributed by atoms with Gasteiger partial charge in [0.2, 0.25) is 0 Å². The van der Waals surface area contributed by atoms with Crippen molar-refractivity contribution in [3.05, 3.63) is 35.4 Å². The Morgan fingerprint density at radius 2 is 1.95 bits per heavy atom. The van der Waals surface area contributed by atoms with E-state index in [2.05, 4.69) is 6.92 Å². The number of benzene rings is 1. The number of carboxylic acids is 1. The third-order valence-corrected chi connectivity index (χ3v) is 4.51. The van der Waals surface area contributed by atoms with Crippen molar-refractivity contribution in [3.63, 3.8) is 0 Å². The van der Waals surface area contributed by atoms with Crippen molar-refractivity contribution < 1.29 is 18.7 Å². The quantitative estimate of drug-likeness (QED) is 0.905. The molecular formula is C16H20F2O2. The van der Waals surface area contributed by atoms with E-state index in [0.717, 1.165) is 19.3 Å². The van der Waals surface area contributed by atoms with E-state index in [-0.39, 0.29) is 17.9 Å². The van der Waals surface area contributed by atoms with Crippen LogP contribution >= 0.6 is 0 Å². The first-order chi connectivity index (χ1) is 9.52. The number of carboxylic acid groups (broad SMARTS) is 1. The van der Waals surface area contributed by atoms with E-state index in [0.29, 0.717) is 12.3 Å². The van der Waals surface area contributed by atoms with Gasteiger partial charge in [0.15, 0.2) is 0 Å². The number of rotatable bonds is 4. The zero-order valence-electron chi connectivity index (χ0n) is 11.6. The predicted molar refractivity (Wildman–Crippen MR) is 72.3 cm³/mol. The Hall–Kier alpha value is -1.45. The van der Waals surface area contributed by atoms with Gasteiger partial charge >= 0.3 is 5.97 Å². The summed E-state index contributed by atoms with van der Waals surface area (Å²) < 4.78 is 27.5. The van der Waals surface area contributed by atoms with E-state index in [1.54, 1.807) is 0 Å². The van der Waals surface area contributed by atoms with E-state index in [1.807, 2.05) is 0 Å². The topological polar surface area (TPSA) is 37.3 Å². The van der Waals surface area contributed by atoms with Crippen LogP contribution in [0.4, 0.5) is 8.78 Å². The number of hydrogen-bond acceptors (Lipinski definition) is 1. The summed E-state index contributed by atoms with van der Waals surface area (Å²) in [5.41, 5.74) is 0.0282. The Bertz CT molecular complexity index is 467. The molecular weight excluding hydrogens is 262 g/mol. The van der Waals surface area contributed by atoms with Crippen LogP contribution in [-0.4, -0.2) is 11.1 Å². The molecule has 4 heteroatoms. The van der Waals surface area contributed by atoms with E-state index in [9.17, 15) is 18.7 Å². The molecule has 3 unspecified atom stereocenters. The van der Waals surface area contributed by atoms with Gasteiger partial charge in [0.1, 0.15) is 11.6 Å². The average Bonchev–Trinajstić information content (AvgIpc) is 2.42. The van der Waals surface area contributed by atoms with Gasteiger partial charge < -0.3 is 5.11 Å². The van der Waals surface area contributed by atoms with E-state index in [1.165, 1.54) is 18.2 Å². The van der Waals surface area contributed by atoms with E-state index >= 15 is 0 Å². The molecule has 0 spiro atoms. The van der Waals surface area contributed by atoms with Crippen LogP contribution in [0.2, 0.25) is 0 Å². The lowest BCUT2D eigenvalue weighted by atomic mass is 9.71. The first-order valence-corrected chi connectivity index (χ1v) is 7.18. The Balaban J connectivity index is 2.20.